The predicted molar refractivity (Wildman–Crippen MR) is 133 cm³/mol. The average Bonchev–Trinajstić information content (AvgIpc) is 2.89. The molecule has 1 unspecified atom stereocenters. The largest absolute Gasteiger partial charge is 0.358 e. The fourth-order valence-corrected chi connectivity index (χ4v) is 3.99. The van der Waals surface area contributed by atoms with E-state index in [9.17, 15) is 14.4 Å². The summed E-state index contributed by atoms with van der Waals surface area (Å²) in [5.41, 5.74) is -1.59. The van der Waals surface area contributed by atoms with Gasteiger partial charge in [0.2, 0.25) is 5.91 Å². The molecule has 1 atom stereocenters. The summed E-state index contributed by atoms with van der Waals surface area (Å²) >= 11 is 0. The van der Waals surface area contributed by atoms with Gasteiger partial charge in [0, 0.05) is 37.5 Å². The molecule has 37 heavy (non-hydrogen) atoms. The smallest absolute Gasteiger partial charge is 0.332 e. The average molecular weight is 504 g/mol. The molecular weight excluding hydrogens is 480 g/mol. The van der Waals surface area contributed by atoms with Crippen LogP contribution in [0.3, 0.4) is 0 Å². The van der Waals surface area contributed by atoms with E-state index in [0.29, 0.717) is 22.6 Å². The molecule has 1 aliphatic rings. The topological polar surface area (TPSA) is 86.7 Å². The molecule has 1 aliphatic heterocycles. The normalized spacial score (nSPS) is 17.3. The van der Waals surface area contributed by atoms with Gasteiger partial charge < -0.3 is 14.6 Å². The first-order chi connectivity index (χ1) is 17.7. The minimum absolute atomic E-state index is 0.0117. The Morgan fingerprint density at radius 2 is 1.76 bits per heavy atom. The molecule has 1 saturated heterocycles. The maximum atomic E-state index is 15.1. The zero-order chi connectivity index (χ0) is 26.6. The zero-order valence-electron chi connectivity index (χ0n) is 20.2. The van der Waals surface area contributed by atoms with Gasteiger partial charge in [0.05, 0.1) is 6.42 Å². The first-order valence-corrected chi connectivity index (χ1v) is 11.4. The van der Waals surface area contributed by atoms with Crippen LogP contribution < -0.4 is 9.80 Å². The lowest BCUT2D eigenvalue weighted by molar-refractivity contribution is -0.128. The Balaban J connectivity index is 1.62. The molecule has 0 spiro atoms. The number of nitrogens with zero attached hydrogens (tertiary/aromatic N) is 5. The van der Waals surface area contributed by atoms with Crippen molar-refractivity contribution in [3.05, 3.63) is 83.8 Å². The number of hydrogen-bond acceptors (Lipinski definition) is 6. The van der Waals surface area contributed by atoms with Gasteiger partial charge in [-0.1, -0.05) is 30.0 Å². The summed E-state index contributed by atoms with van der Waals surface area (Å²) in [5.74, 6) is 2.94. The van der Waals surface area contributed by atoms with Crippen LogP contribution in [-0.4, -0.2) is 58.8 Å². The van der Waals surface area contributed by atoms with Crippen molar-refractivity contribution in [1.82, 2.24) is 14.9 Å². The summed E-state index contributed by atoms with van der Waals surface area (Å²) in [6.45, 7) is 1.65. The highest BCUT2D eigenvalue weighted by Crippen LogP contribution is 2.33. The van der Waals surface area contributed by atoms with Gasteiger partial charge in [0.1, 0.15) is 29.7 Å². The van der Waals surface area contributed by atoms with Gasteiger partial charge in [0.15, 0.2) is 11.6 Å². The van der Waals surface area contributed by atoms with Crippen LogP contribution in [0, 0.1) is 23.5 Å². The maximum Gasteiger partial charge on any atom is 0.332 e. The van der Waals surface area contributed by atoms with Crippen LogP contribution in [-0.2, 0) is 9.59 Å². The number of aromatic nitrogens is 2. The van der Waals surface area contributed by atoms with Crippen LogP contribution in [0.2, 0.25) is 0 Å². The lowest BCUT2D eigenvalue weighted by atomic mass is 9.93. The Bertz CT molecular complexity index is 1370. The number of halogens is 2. The standard InChI is InChI=1S/C27H23F2N5O3/c1-27(17-35)16-24(36)34(26(37)33(27)13-12-32(2)23-10-11-30-18-31-23)25-21(28)14-20(15-22(25)29)9-8-19-6-4-3-5-7-19/h3-7,10-11,14-15,17-18H,12-13,16H2,1-2H3. The third kappa shape index (κ3) is 5.30. The molecule has 2 heterocycles. The van der Waals surface area contributed by atoms with Crippen molar-refractivity contribution in [2.24, 2.45) is 0 Å². The van der Waals surface area contributed by atoms with E-state index in [1.807, 2.05) is 6.07 Å². The Morgan fingerprint density at radius 3 is 2.38 bits per heavy atom. The van der Waals surface area contributed by atoms with Gasteiger partial charge in [-0.2, -0.15) is 0 Å². The Labute approximate surface area is 212 Å². The van der Waals surface area contributed by atoms with Crippen molar-refractivity contribution in [3.63, 3.8) is 0 Å². The van der Waals surface area contributed by atoms with Gasteiger partial charge in [-0.3, -0.25) is 4.79 Å². The monoisotopic (exact) mass is 503 g/mol. The number of likely N-dealkylation sites (N-methyl/N-ethyl adjacent to an activating group) is 1. The summed E-state index contributed by atoms with van der Waals surface area (Å²) in [6.07, 6.45) is 2.99. The number of urea groups is 1. The van der Waals surface area contributed by atoms with Gasteiger partial charge in [-0.15, -0.1) is 0 Å². The molecule has 8 nitrogen and oxygen atoms in total. The number of carbonyl (C=O) groups is 3. The molecule has 0 radical (unpaired) electrons. The molecule has 2 aromatic carbocycles. The first-order valence-electron chi connectivity index (χ1n) is 11.4. The third-order valence-electron chi connectivity index (χ3n) is 6.03. The number of carbonyl (C=O) groups excluding carboxylic acids is 3. The maximum absolute atomic E-state index is 15.1. The Morgan fingerprint density at radius 1 is 1.08 bits per heavy atom. The van der Waals surface area contributed by atoms with Crippen LogP contribution in [0.5, 0.6) is 0 Å². The van der Waals surface area contributed by atoms with Crippen molar-refractivity contribution < 1.29 is 23.2 Å². The Kier molecular flexibility index (Phi) is 7.25. The summed E-state index contributed by atoms with van der Waals surface area (Å²) in [4.78, 5) is 49.6. The van der Waals surface area contributed by atoms with E-state index in [1.54, 1.807) is 48.5 Å². The number of imide groups is 1. The highest BCUT2D eigenvalue weighted by Gasteiger charge is 2.48. The van der Waals surface area contributed by atoms with Crippen LogP contribution in [0.4, 0.5) is 25.1 Å². The molecule has 0 N–H and O–H groups in total. The molecule has 3 aromatic rings. The predicted octanol–water partition coefficient (Wildman–Crippen LogP) is 3.41. The van der Waals surface area contributed by atoms with Crippen molar-refractivity contribution in [1.29, 1.82) is 0 Å². The molecule has 1 aromatic heterocycles. The van der Waals surface area contributed by atoms with E-state index in [2.05, 4.69) is 21.8 Å². The van der Waals surface area contributed by atoms with Crippen molar-refractivity contribution in [3.8, 4) is 11.8 Å². The minimum Gasteiger partial charge on any atom is -0.358 e. The van der Waals surface area contributed by atoms with E-state index in [0.717, 1.165) is 17.0 Å². The van der Waals surface area contributed by atoms with Gasteiger partial charge in [-0.05, 0) is 37.3 Å². The molecule has 4 rings (SSSR count). The second-order valence-corrected chi connectivity index (χ2v) is 8.71. The van der Waals surface area contributed by atoms with Crippen LogP contribution >= 0.6 is 0 Å². The number of amides is 3. The van der Waals surface area contributed by atoms with Crippen LogP contribution in [0.15, 0.2) is 61.1 Å². The molecule has 0 aliphatic carbocycles. The van der Waals surface area contributed by atoms with E-state index >= 15 is 8.78 Å². The highest BCUT2D eigenvalue weighted by atomic mass is 19.1. The number of benzene rings is 2. The Hall–Kier alpha value is -4.65. The molecular formula is C27H23F2N5O3. The molecule has 10 heteroatoms. The summed E-state index contributed by atoms with van der Waals surface area (Å²) < 4.78 is 30.3. The third-order valence-corrected chi connectivity index (χ3v) is 6.03. The highest BCUT2D eigenvalue weighted by molar-refractivity contribution is 6.18. The molecule has 188 valence electrons. The number of rotatable bonds is 6. The zero-order valence-corrected chi connectivity index (χ0v) is 20.2. The second-order valence-electron chi connectivity index (χ2n) is 8.71. The lowest BCUT2D eigenvalue weighted by Gasteiger charge is -2.44. The van der Waals surface area contributed by atoms with Gasteiger partial charge in [-0.25, -0.2) is 28.4 Å². The van der Waals surface area contributed by atoms with Crippen LogP contribution in [0.25, 0.3) is 0 Å². The lowest BCUT2D eigenvalue weighted by Crippen LogP contribution is -2.65. The molecule has 0 bridgehead atoms. The fourth-order valence-electron chi connectivity index (χ4n) is 3.99. The SMILES string of the molecule is CN(CCN1C(=O)N(c2c(F)cc(C#Cc3ccccc3)cc2F)C(=O)CC1(C)C=O)c1ccncn1. The van der Waals surface area contributed by atoms with E-state index in [1.165, 1.54) is 13.3 Å². The quantitative estimate of drug-likeness (QED) is 0.379. The van der Waals surface area contributed by atoms with E-state index < -0.39 is 41.2 Å². The fraction of sp³-hybridized carbons (Fsp3) is 0.222. The van der Waals surface area contributed by atoms with Gasteiger partial charge >= 0.3 is 6.03 Å². The first kappa shape index (κ1) is 25.4. The number of aldehydes is 1. The summed E-state index contributed by atoms with van der Waals surface area (Å²) in [7, 11) is 1.73. The van der Waals surface area contributed by atoms with Crippen molar-refractivity contribution in [2.75, 3.05) is 29.9 Å². The molecule has 3 amide bonds. The molecule has 0 saturated carbocycles. The summed E-state index contributed by atoms with van der Waals surface area (Å²) in [5, 5.41) is 0. The van der Waals surface area contributed by atoms with Crippen molar-refractivity contribution >= 4 is 29.7 Å². The number of hydrogen-bond donors (Lipinski definition) is 0. The van der Waals surface area contributed by atoms with E-state index in [-0.39, 0.29) is 18.7 Å². The number of anilines is 2. The van der Waals surface area contributed by atoms with E-state index in [4.69, 9.17) is 0 Å². The second kappa shape index (κ2) is 10.5. The minimum atomic E-state index is -1.48. The molecule has 1 fully saturated rings. The van der Waals surface area contributed by atoms with Crippen molar-refractivity contribution in [2.45, 2.75) is 18.9 Å². The summed E-state index contributed by atoms with van der Waals surface area (Å²) in [6, 6.07) is 11.5. The van der Waals surface area contributed by atoms with Gasteiger partial charge in [0.25, 0.3) is 0 Å². The van der Waals surface area contributed by atoms with Crippen LogP contribution in [0.1, 0.15) is 24.5 Å².